The molecule has 131 heavy (non-hydrogen) atoms. The fraction of sp³-hybridized carbons (Fsp3) is 0.479. The molecule has 10 aromatic rings. The lowest BCUT2D eigenvalue weighted by Crippen LogP contribution is -2.03. The summed E-state index contributed by atoms with van der Waals surface area (Å²) in [4.78, 5) is 11.9. The number of benzene rings is 10. The monoisotopic (exact) mass is 1780 g/mol. The molecule has 1 N–H and O–H groups in total. The number of carboxylic acid groups (broad SMARTS) is 1. The molecule has 0 amide bonds. The standard InChI is InChI=1S/C117H154O14/c1-5-9-13-17-21-25-29-33-37-41-77-120-105-63-45-96(46-64-105)88-128-113-75-57-100(81-115(113)130-90-98-49-67-107(68-50-98)122-79-43-39-35-31-27-23-19-15-11-7-3)92-124-109-71-53-94(54-72-109)86-126-111-83-104(102-59-61-103(62-60-102)117(118)119)84-112(85-111)127-87-95-55-73-110(74-56-95)125-93-101-58-76-114(129-89-97-47-65-106(66-48-97)121-78-42-38-34-30-26-22-18-14-10-6-2)116(82-101)131-91-99-51-69-108(70-52-99)123-80-44-40-36-32-28-24-20-16-12-8-4/h45-76,81-85H,5-44,77-80,86-93H2,1-4H3,(H,118,119). The van der Waals surface area contributed by atoms with E-state index in [0.717, 1.165) is 131 Å². The van der Waals surface area contributed by atoms with E-state index in [1.807, 2.05) is 152 Å². The van der Waals surface area contributed by atoms with Crippen molar-refractivity contribution in [3.8, 4) is 80.1 Å². The molecule has 10 rings (SSSR count). The topological polar surface area (TPSA) is 148 Å². The zero-order valence-electron chi connectivity index (χ0n) is 79.9. The summed E-state index contributed by atoms with van der Waals surface area (Å²) in [6.45, 7) is 14.5. The van der Waals surface area contributed by atoms with E-state index < -0.39 is 5.97 Å². The Morgan fingerprint density at radius 3 is 0.641 bits per heavy atom. The highest BCUT2D eigenvalue weighted by atomic mass is 16.5. The van der Waals surface area contributed by atoms with Crippen molar-refractivity contribution in [3.05, 3.63) is 275 Å². The van der Waals surface area contributed by atoms with E-state index >= 15 is 0 Å². The number of hydrogen-bond donors (Lipinski definition) is 1. The van der Waals surface area contributed by atoms with Gasteiger partial charge in [0.05, 0.1) is 32.0 Å². The smallest absolute Gasteiger partial charge is 0.335 e. The van der Waals surface area contributed by atoms with Crippen LogP contribution in [0.5, 0.6) is 69.0 Å². The third kappa shape index (κ3) is 42.1. The van der Waals surface area contributed by atoms with Gasteiger partial charge in [0, 0.05) is 6.07 Å². The van der Waals surface area contributed by atoms with Crippen molar-refractivity contribution in [3.63, 3.8) is 0 Å². The predicted molar refractivity (Wildman–Crippen MR) is 534 cm³/mol. The normalized spacial score (nSPS) is 11.2. The molecule has 0 aliphatic carbocycles. The zero-order valence-corrected chi connectivity index (χ0v) is 79.9. The molecular weight excluding hydrogens is 1630 g/mol. The molecule has 10 aromatic carbocycles. The summed E-state index contributed by atoms with van der Waals surface area (Å²) in [5.74, 6) is 7.57. The van der Waals surface area contributed by atoms with Crippen LogP contribution in [0.4, 0.5) is 0 Å². The molecule has 0 spiro atoms. The second-order valence-electron chi connectivity index (χ2n) is 35.4. The van der Waals surface area contributed by atoms with Crippen molar-refractivity contribution < 1.29 is 66.7 Å². The Labute approximate surface area is 786 Å². The lowest BCUT2D eigenvalue weighted by atomic mass is 10.0. The average molecular weight is 1780 g/mol. The summed E-state index contributed by atoms with van der Waals surface area (Å²) in [6.07, 6.45) is 51.7. The number of aromatic carboxylic acids is 1. The fourth-order valence-corrected chi connectivity index (χ4v) is 16.0. The summed E-state index contributed by atoms with van der Waals surface area (Å²) in [5, 5.41) is 9.76. The lowest BCUT2D eigenvalue weighted by molar-refractivity contribution is 0.0696. The van der Waals surface area contributed by atoms with Gasteiger partial charge in [-0.25, -0.2) is 4.79 Å². The van der Waals surface area contributed by atoms with E-state index in [4.69, 9.17) is 56.8 Å². The van der Waals surface area contributed by atoms with Gasteiger partial charge in [-0.2, -0.15) is 0 Å². The summed E-state index contributed by atoms with van der Waals surface area (Å²) in [5.41, 5.74) is 9.62. The predicted octanol–water partition coefficient (Wildman–Crippen LogP) is 32.9. The Kier molecular flexibility index (Phi) is 49.5. The molecule has 0 saturated heterocycles. The van der Waals surface area contributed by atoms with Crippen LogP contribution in [0.1, 0.15) is 339 Å². The molecule has 0 saturated carbocycles. The minimum atomic E-state index is -0.993. The van der Waals surface area contributed by atoms with Gasteiger partial charge in [-0.1, -0.05) is 356 Å². The Morgan fingerprint density at radius 1 is 0.183 bits per heavy atom. The van der Waals surface area contributed by atoms with E-state index in [1.165, 1.54) is 231 Å². The van der Waals surface area contributed by atoms with Gasteiger partial charge in [-0.15, -0.1) is 0 Å². The molecule has 0 aliphatic rings. The maximum absolute atomic E-state index is 11.9. The minimum Gasteiger partial charge on any atom is -0.494 e. The number of rotatable bonds is 74. The van der Waals surface area contributed by atoms with Crippen LogP contribution in [-0.4, -0.2) is 37.5 Å². The van der Waals surface area contributed by atoms with E-state index in [9.17, 15) is 9.90 Å². The van der Waals surface area contributed by atoms with Gasteiger partial charge in [-0.05, 0) is 203 Å². The van der Waals surface area contributed by atoms with Crippen LogP contribution in [-0.2, 0) is 52.9 Å². The van der Waals surface area contributed by atoms with Crippen LogP contribution < -0.4 is 56.8 Å². The molecule has 14 heteroatoms. The first kappa shape index (κ1) is 102. The largest absolute Gasteiger partial charge is 0.494 e. The molecule has 0 aliphatic heterocycles. The summed E-state index contributed by atoms with van der Waals surface area (Å²) < 4.78 is 76.8. The molecule has 0 unspecified atom stereocenters. The van der Waals surface area contributed by atoms with Crippen molar-refractivity contribution in [2.45, 2.75) is 337 Å². The molecule has 0 fully saturated rings. The van der Waals surface area contributed by atoms with Gasteiger partial charge >= 0.3 is 5.97 Å². The summed E-state index contributed by atoms with van der Waals surface area (Å²) in [7, 11) is 0. The average Bonchev–Trinajstić information content (AvgIpc) is 0.794. The van der Waals surface area contributed by atoms with Crippen molar-refractivity contribution in [1.29, 1.82) is 0 Å². The van der Waals surface area contributed by atoms with Crippen LogP contribution >= 0.6 is 0 Å². The van der Waals surface area contributed by atoms with E-state index in [2.05, 4.69) is 76.2 Å². The van der Waals surface area contributed by atoms with Crippen LogP contribution in [0.2, 0.25) is 0 Å². The molecule has 0 radical (unpaired) electrons. The third-order valence-electron chi connectivity index (χ3n) is 24.2. The quantitative estimate of drug-likeness (QED) is 0.0360. The first-order valence-corrected chi connectivity index (χ1v) is 50.5. The molecule has 0 heterocycles. The summed E-state index contributed by atoms with van der Waals surface area (Å²) in [6, 6.07) is 73.1. The minimum absolute atomic E-state index is 0.198. The second-order valence-corrected chi connectivity index (χ2v) is 35.4. The molecule has 706 valence electrons. The van der Waals surface area contributed by atoms with E-state index in [0.29, 0.717) is 85.6 Å². The number of unbranched alkanes of at least 4 members (excludes halogenated alkanes) is 36. The van der Waals surface area contributed by atoms with Gasteiger partial charge < -0.3 is 61.9 Å². The van der Waals surface area contributed by atoms with Crippen LogP contribution in [0, 0.1) is 0 Å². The van der Waals surface area contributed by atoms with Crippen molar-refractivity contribution in [2.24, 2.45) is 0 Å². The van der Waals surface area contributed by atoms with Crippen LogP contribution in [0.15, 0.2) is 224 Å². The Balaban J connectivity index is 0.720. The number of hydrogen-bond acceptors (Lipinski definition) is 13. The van der Waals surface area contributed by atoms with Crippen LogP contribution in [0.3, 0.4) is 0 Å². The first-order chi connectivity index (χ1) is 64.6. The zero-order chi connectivity index (χ0) is 91.3. The molecule has 0 bridgehead atoms. The first-order valence-electron chi connectivity index (χ1n) is 50.5. The molecule has 0 aromatic heterocycles. The number of carboxylic acids is 1. The molecular formula is C117H154O14. The van der Waals surface area contributed by atoms with Gasteiger partial charge in [0.1, 0.15) is 98.9 Å². The maximum Gasteiger partial charge on any atom is 0.335 e. The van der Waals surface area contributed by atoms with Crippen molar-refractivity contribution >= 4 is 5.97 Å². The third-order valence-corrected chi connectivity index (χ3v) is 24.2. The van der Waals surface area contributed by atoms with Crippen LogP contribution in [0.25, 0.3) is 11.1 Å². The SMILES string of the molecule is CCCCCCCCCCCCOc1ccc(COc2ccc(COc3ccc(COc4cc(OCc5ccc(OCc6ccc(OCc7ccc(OCCCCCCCCCCCC)cc7)c(OCc7ccc(OCCCCCCCCCCCC)cc7)c6)cc5)cc(-c5ccc(C(=O)O)cc5)c4)cc3)cc2OCc2ccc(OCCCCCCCCCCCC)cc2)cc1. The highest BCUT2D eigenvalue weighted by molar-refractivity contribution is 5.88. The highest BCUT2D eigenvalue weighted by Crippen LogP contribution is 2.37. The van der Waals surface area contributed by atoms with Gasteiger partial charge in [0.25, 0.3) is 0 Å². The molecule has 0 atom stereocenters. The second kappa shape index (κ2) is 63.4. The Morgan fingerprint density at radius 2 is 0.389 bits per heavy atom. The Bertz CT molecular complexity index is 4380. The van der Waals surface area contributed by atoms with Gasteiger partial charge in [0.2, 0.25) is 0 Å². The fourth-order valence-electron chi connectivity index (χ4n) is 16.0. The Hall–Kier alpha value is -10.7. The van der Waals surface area contributed by atoms with Crippen molar-refractivity contribution in [1.82, 2.24) is 0 Å². The number of ether oxygens (including phenoxy) is 12. The van der Waals surface area contributed by atoms with E-state index in [-0.39, 0.29) is 18.8 Å². The number of carbonyl (C=O) groups is 1. The van der Waals surface area contributed by atoms with Crippen molar-refractivity contribution in [2.75, 3.05) is 26.4 Å². The highest BCUT2D eigenvalue weighted by Gasteiger charge is 2.16. The van der Waals surface area contributed by atoms with Gasteiger partial charge in [-0.3, -0.25) is 0 Å². The molecule has 14 nitrogen and oxygen atoms in total. The maximum atomic E-state index is 11.9. The van der Waals surface area contributed by atoms with E-state index in [1.54, 1.807) is 24.3 Å². The summed E-state index contributed by atoms with van der Waals surface area (Å²) >= 11 is 0. The van der Waals surface area contributed by atoms with Gasteiger partial charge in [0.15, 0.2) is 23.0 Å². The lowest BCUT2D eigenvalue weighted by Gasteiger charge is -2.16.